The molecule has 1 fully saturated rings. The first-order valence-electron chi connectivity index (χ1n) is 8.84. The normalized spacial score (nSPS) is 18.7. The van der Waals surface area contributed by atoms with Crippen molar-refractivity contribution in [2.75, 3.05) is 26.6 Å². The molecule has 0 aliphatic carbocycles. The van der Waals surface area contributed by atoms with E-state index in [1.165, 1.54) is 0 Å². The van der Waals surface area contributed by atoms with Gasteiger partial charge < -0.3 is 30.2 Å². The third kappa shape index (κ3) is 5.14. The molecule has 1 aliphatic rings. The third-order valence-corrected chi connectivity index (χ3v) is 4.80. The Morgan fingerprint density at radius 3 is 1.92 bits per heavy atom. The average molecular weight is 383 g/mol. The zero-order valence-corrected chi connectivity index (χ0v) is 17.7. The summed E-state index contributed by atoms with van der Waals surface area (Å²) in [5, 5.41) is 9.76. The van der Waals surface area contributed by atoms with Crippen LogP contribution in [-0.4, -0.2) is 43.6 Å². The fourth-order valence-electron chi connectivity index (χ4n) is 4.13. The molecule has 1 aromatic carbocycles. The zero-order valence-electron chi connectivity index (χ0n) is 16.9. The summed E-state index contributed by atoms with van der Waals surface area (Å²) in [7, 11) is 4.78. The van der Waals surface area contributed by atoms with Gasteiger partial charge in [0.15, 0.2) is 16.6 Å². The maximum absolute atomic E-state index is 5.54. The lowest BCUT2D eigenvalue weighted by atomic mass is 9.80. The molecule has 0 spiro atoms. The molecular weight excluding hydrogens is 350 g/mol. The minimum absolute atomic E-state index is 0.182. The van der Waals surface area contributed by atoms with Gasteiger partial charge >= 0.3 is 0 Å². The molecule has 0 saturated carbocycles. The van der Waals surface area contributed by atoms with Crippen molar-refractivity contribution in [3.63, 3.8) is 0 Å². The van der Waals surface area contributed by atoms with Crippen LogP contribution in [0.15, 0.2) is 12.1 Å². The highest BCUT2D eigenvalue weighted by molar-refractivity contribution is 7.80. The molecule has 0 aromatic heterocycles. The lowest BCUT2D eigenvalue weighted by Gasteiger charge is -2.43. The molecule has 0 bridgehead atoms. The van der Waals surface area contributed by atoms with Gasteiger partial charge in [0.25, 0.3) is 0 Å². The maximum Gasteiger partial charge on any atom is 0.203 e. The van der Waals surface area contributed by atoms with E-state index in [1.807, 2.05) is 12.1 Å². The number of methoxy groups -OCH3 is 3. The van der Waals surface area contributed by atoms with Crippen LogP contribution in [-0.2, 0) is 0 Å². The van der Waals surface area contributed by atoms with E-state index < -0.39 is 0 Å². The van der Waals surface area contributed by atoms with Crippen LogP contribution in [0, 0.1) is 0 Å². The van der Waals surface area contributed by atoms with E-state index in [0.717, 1.165) is 18.5 Å². The molecule has 6 nitrogen and oxygen atoms in total. The fourth-order valence-corrected chi connectivity index (χ4v) is 4.41. The van der Waals surface area contributed by atoms with Gasteiger partial charge in [-0.15, -0.1) is 0 Å². The van der Waals surface area contributed by atoms with Crippen LogP contribution in [0.3, 0.4) is 0 Å². The predicted octanol–water partition coefficient (Wildman–Crippen LogP) is 2.28. The van der Waals surface area contributed by atoms with E-state index in [4.69, 9.17) is 26.4 Å². The van der Waals surface area contributed by atoms with Crippen LogP contribution in [0.2, 0.25) is 0 Å². The number of hydrogen-bond donors (Lipinski definition) is 3. The van der Waals surface area contributed by atoms with Crippen molar-refractivity contribution < 1.29 is 19.5 Å². The molecule has 7 heteroatoms. The average Bonchev–Trinajstić information content (AvgIpc) is 2.50. The van der Waals surface area contributed by atoms with E-state index in [0.29, 0.717) is 28.4 Å². The van der Waals surface area contributed by atoms with Crippen molar-refractivity contribution >= 4 is 23.0 Å². The molecule has 26 heavy (non-hydrogen) atoms. The molecule has 2 rings (SSSR count). The number of hydrogen-bond acceptors (Lipinski definition) is 4. The highest BCUT2D eigenvalue weighted by atomic mass is 32.1. The molecule has 1 aromatic rings. The number of piperidine rings is 1. The van der Waals surface area contributed by atoms with Crippen molar-refractivity contribution in [1.29, 1.82) is 0 Å². The molecule has 0 atom stereocenters. The Balaban J connectivity index is 2.10. The highest BCUT2D eigenvalue weighted by Gasteiger charge is 2.41. The first-order chi connectivity index (χ1) is 12.1. The highest BCUT2D eigenvalue weighted by Crippen LogP contribution is 2.39. The Hall–Kier alpha value is -1.73. The second-order valence-corrected chi connectivity index (χ2v) is 8.65. The smallest absolute Gasteiger partial charge is 0.203 e. The minimum Gasteiger partial charge on any atom is -0.493 e. The lowest BCUT2D eigenvalue weighted by molar-refractivity contribution is -0.787. The summed E-state index contributed by atoms with van der Waals surface area (Å²) in [6.45, 7) is 9.10. The van der Waals surface area contributed by atoms with E-state index in [1.54, 1.807) is 21.3 Å². The Morgan fingerprint density at radius 2 is 1.50 bits per heavy atom. The Morgan fingerprint density at radius 1 is 1.00 bits per heavy atom. The third-order valence-electron chi connectivity index (χ3n) is 4.58. The van der Waals surface area contributed by atoms with Crippen LogP contribution in [0.4, 0.5) is 5.69 Å². The Bertz CT molecular complexity index is 620. The summed E-state index contributed by atoms with van der Waals surface area (Å²) < 4.78 is 16.1. The summed E-state index contributed by atoms with van der Waals surface area (Å²) in [6, 6.07) is 4.02. The monoisotopic (exact) mass is 382 g/mol. The van der Waals surface area contributed by atoms with Crippen LogP contribution in [0.1, 0.15) is 40.5 Å². The van der Waals surface area contributed by atoms with Crippen molar-refractivity contribution in [3.8, 4) is 17.2 Å². The van der Waals surface area contributed by atoms with Gasteiger partial charge in [-0.1, -0.05) is 0 Å². The largest absolute Gasteiger partial charge is 0.493 e. The number of quaternary nitrogens is 1. The predicted molar refractivity (Wildman–Crippen MR) is 109 cm³/mol. The molecule has 1 aliphatic heterocycles. The first-order valence-corrected chi connectivity index (χ1v) is 9.24. The summed E-state index contributed by atoms with van der Waals surface area (Å²) in [6.07, 6.45) is 2.10. The van der Waals surface area contributed by atoms with Gasteiger partial charge in [-0.2, -0.15) is 0 Å². The van der Waals surface area contributed by atoms with Gasteiger partial charge in [0.05, 0.1) is 32.4 Å². The van der Waals surface area contributed by atoms with E-state index in [9.17, 15) is 0 Å². The SMILES string of the molecule is COc1cc(NC(=S)NC2CC(C)(C)[NH2+]C(C)(C)C2)cc(OC)c1OC. The summed E-state index contributed by atoms with van der Waals surface area (Å²) in [5.74, 6) is 1.74. The lowest BCUT2D eigenvalue weighted by Crippen LogP contribution is -3.06. The number of nitrogens with one attached hydrogen (secondary N) is 2. The van der Waals surface area contributed by atoms with E-state index in [-0.39, 0.29) is 11.1 Å². The van der Waals surface area contributed by atoms with Crippen LogP contribution in [0.25, 0.3) is 0 Å². The molecule has 0 radical (unpaired) electrons. The van der Waals surface area contributed by atoms with Crippen molar-refractivity contribution in [3.05, 3.63) is 12.1 Å². The maximum atomic E-state index is 5.54. The molecular formula is C19H32N3O3S+. The van der Waals surface area contributed by atoms with Gasteiger partial charge in [-0.25, -0.2) is 0 Å². The summed E-state index contributed by atoms with van der Waals surface area (Å²) in [5.41, 5.74) is 1.15. The number of benzene rings is 1. The zero-order chi connectivity index (χ0) is 19.5. The van der Waals surface area contributed by atoms with Crippen molar-refractivity contribution in [2.24, 2.45) is 0 Å². The standard InChI is InChI=1S/C19H31N3O3S/c1-18(2)10-13(11-19(3,4)22-18)21-17(26)20-12-8-14(23-5)16(25-7)15(9-12)24-6/h8-9,13,22H,10-11H2,1-7H3,(H2,20,21,26)/p+1. The van der Waals surface area contributed by atoms with E-state index in [2.05, 4.69) is 43.6 Å². The van der Waals surface area contributed by atoms with Gasteiger partial charge in [-0.05, 0) is 39.9 Å². The molecule has 146 valence electrons. The van der Waals surface area contributed by atoms with Crippen molar-refractivity contribution in [2.45, 2.75) is 57.7 Å². The van der Waals surface area contributed by atoms with Crippen LogP contribution >= 0.6 is 12.2 Å². The molecule has 1 heterocycles. The van der Waals surface area contributed by atoms with Gasteiger partial charge in [-0.3, -0.25) is 0 Å². The first kappa shape index (κ1) is 20.6. The molecule has 0 amide bonds. The van der Waals surface area contributed by atoms with E-state index >= 15 is 0 Å². The topological polar surface area (TPSA) is 68.4 Å². The molecule has 4 N–H and O–H groups in total. The quantitative estimate of drug-likeness (QED) is 0.679. The molecule has 1 saturated heterocycles. The summed E-state index contributed by atoms with van der Waals surface area (Å²) in [4.78, 5) is 0. The van der Waals surface area contributed by atoms with Crippen LogP contribution < -0.4 is 30.2 Å². The minimum atomic E-state index is 0.182. The number of ether oxygens (including phenoxy) is 3. The van der Waals surface area contributed by atoms with Crippen LogP contribution in [0.5, 0.6) is 17.2 Å². The molecule has 0 unspecified atom stereocenters. The Labute approximate surface area is 162 Å². The fraction of sp³-hybridized carbons (Fsp3) is 0.632. The van der Waals surface area contributed by atoms with Gasteiger partial charge in [0.2, 0.25) is 5.75 Å². The van der Waals surface area contributed by atoms with Crippen molar-refractivity contribution in [1.82, 2.24) is 5.32 Å². The number of thiocarbonyl (C=S) groups is 1. The number of nitrogens with two attached hydrogens (primary N) is 1. The summed E-state index contributed by atoms with van der Waals surface area (Å²) >= 11 is 5.54. The van der Waals surface area contributed by atoms with Gasteiger partial charge in [0, 0.05) is 36.7 Å². The number of rotatable bonds is 5. The van der Waals surface area contributed by atoms with Gasteiger partial charge in [0.1, 0.15) is 0 Å². The second kappa shape index (κ2) is 7.88. The number of anilines is 1. The second-order valence-electron chi connectivity index (χ2n) is 8.24. The Kier molecular flexibility index (Phi) is 6.24.